The van der Waals surface area contributed by atoms with E-state index in [2.05, 4.69) is 48.0 Å². The van der Waals surface area contributed by atoms with E-state index in [0.717, 1.165) is 49.1 Å². The second kappa shape index (κ2) is 8.14. The van der Waals surface area contributed by atoms with Crippen LogP contribution in [0.5, 0.6) is 0 Å². The molecule has 26 heavy (non-hydrogen) atoms. The monoisotopic (exact) mass is 371 g/mol. The molecule has 1 N–H and O–H groups in total. The summed E-state index contributed by atoms with van der Waals surface area (Å²) in [4.78, 5) is 4.56. The van der Waals surface area contributed by atoms with Gasteiger partial charge in [0.2, 0.25) is 0 Å². The Labute approximate surface area is 160 Å². The number of halogens is 1. The number of aryl methyl sites for hydroxylation is 3. The molecule has 1 aliphatic heterocycles. The number of benzene rings is 2. The molecular formula is C21H26FN3S. The van der Waals surface area contributed by atoms with Crippen molar-refractivity contribution in [3.63, 3.8) is 0 Å². The molecule has 0 spiro atoms. The molecule has 3 rings (SSSR count). The lowest BCUT2D eigenvalue weighted by molar-refractivity contribution is 0.134. The number of nitrogens with zero attached hydrogens (tertiary/aromatic N) is 2. The number of thiocarbonyl (C=S) groups is 1. The molecule has 1 heterocycles. The lowest BCUT2D eigenvalue weighted by Gasteiger charge is -2.37. The van der Waals surface area contributed by atoms with Crippen LogP contribution in [0.2, 0.25) is 0 Å². The highest BCUT2D eigenvalue weighted by atomic mass is 32.1. The van der Waals surface area contributed by atoms with E-state index in [0.29, 0.717) is 0 Å². The molecular weight excluding hydrogens is 345 g/mol. The van der Waals surface area contributed by atoms with E-state index in [4.69, 9.17) is 12.2 Å². The first-order valence-corrected chi connectivity index (χ1v) is 9.44. The van der Waals surface area contributed by atoms with Gasteiger partial charge >= 0.3 is 0 Å². The zero-order valence-corrected chi connectivity index (χ0v) is 16.5. The highest BCUT2D eigenvalue weighted by Gasteiger charge is 2.20. The smallest absolute Gasteiger partial charge is 0.174 e. The highest BCUT2D eigenvalue weighted by Crippen LogP contribution is 2.23. The predicted octanol–water partition coefficient (Wildman–Crippen LogP) is 4.61. The summed E-state index contributed by atoms with van der Waals surface area (Å²) in [5.74, 6) is -0.191. The predicted molar refractivity (Wildman–Crippen MR) is 110 cm³/mol. The average Bonchev–Trinajstić information content (AvgIpc) is 2.60. The minimum absolute atomic E-state index is 0.191. The molecule has 5 heteroatoms. The van der Waals surface area contributed by atoms with Crippen molar-refractivity contribution in [2.45, 2.75) is 33.7 Å². The Morgan fingerprint density at radius 1 is 1.08 bits per heavy atom. The van der Waals surface area contributed by atoms with Crippen LogP contribution < -0.4 is 5.32 Å². The van der Waals surface area contributed by atoms with Gasteiger partial charge in [0.1, 0.15) is 5.82 Å². The number of hydrogen-bond acceptors (Lipinski definition) is 2. The van der Waals surface area contributed by atoms with Crippen molar-refractivity contribution in [3.8, 4) is 0 Å². The molecule has 0 aromatic heterocycles. The van der Waals surface area contributed by atoms with Crippen molar-refractivity contribution in [2.24, 2.45) is 0 Å². The van der Waals surface area contributed by atoms with Gasteiger partial charge in [0.25, 0.3) is 0 Å². The fraction of sp³-hybridized carbons (Fsp3) is 0.381. The lowest BCUT2D eigenvalue weighted by Crippen LogP contribution is -2.48. The maximum absolute atomic E-state index is 13.1. The Morgan fingerprint density at radius 2 is 1.73 bits per heavy atom. The summed E-state index contributed by atoms with van der Waals surface area (Å²) in [5, 5.41) is 4.22. The SMILES string of the molecule is Cc1cc(C)c(NC(=S)N2CCCN(Cc3ccc(F)cc3)C2)c(C)c1. The van der Waals surface area contributed by atoms with Crippen molar-refractivity contribution < 1.29 is 4.39 Å². The lowest BCUT2D eigenvalue weighted by atomic mass is 10.1. The van der Waals surface area contributed by atoms with Crippen LogP contribution in [-0.4, -0.2) is 34.7 Å². The van der Waals surface area contributed by atoms with Crippen LogP contribution in [0.4, 0.5) is 10.1 Å². The zero-order chi connectivity index (χ0) is 18.7. The fourth-order valence-electron chi connectivity index (χ4n) is 3.57. The van der Waals surface area contributed by atoms with E-state index < -0.39 is 0 Å². The van der Waals surface area contributed by atoms with Gasteiger partial charge in [-0.05, 0) is 68.2 Å². The minimum atomic E-state index is -0.191. The first kappa shape index (κ1) is 18.8. The molecule has 0 unspecified atom stereocenters. The van der Waals surface area contributed by atoms with Crippen LogP contribution >= 0.6 is 12.2 Å². The molecule has 0 bridgehead atoms. The molecule has 1 saturated heterocycles. The maximum atomic E-state index is 13.1. The third-order valence-corrected chi connectivity index (χ3v) is 5.15. The first-order valence-electron chi connectivity index (χ1n) is 9.03. The van der Waals surface area contributed by atoms with Crippen LogP contribution in [0.15, 0.2) is 36.4 Å². The summed E-state index contributed by atoms with van der Waals surface area (Å²) in [6.07, 6.45) is 1.06. The molecule has 3 nitrogen and oxygen atoms in total. The molecule has 2 aromatic rings. The van der Waals surface area contributed by atoms with Gasteiger partial charge in [-0.15, -0.1) is 0 Å². The molecule has 1 fully saturated rings. The van der Waals surface area contributed by atoms with Gasteiger partial charge in [-0.1, -0.05) is 29.8 Å². The molecule has 0 atom stereocenters. The third-order valence-electron chi connectivity index (χ3n) is 4.79. The van der Waals surface area contributed by atoms with Crippen molar-refractivity contribution >= 4 is 23.0 Å². The second-order valence-electron chi connectivity index (χ2n) is 7.14. The van der Waals surface area contributed by atoms with Crippen molar-refractivity contribution in [1.82, 2.24) is 9.80 Å². The number of hydrogen-bond donors (Lipinski definition) is 1. The van der Waals surface area contributed by atoms with Crippen molar-refractivity contribution in [1.29, 1.82) is 0 Å². The Hall–Kier alpha value is -1.98. The standard InChI is InChI=1S/C21H26FN3S/c1-15-11-16(2)20(17(3)12-15)23-21(26)25-10-4-9-24(14-25)13-18-5-7-19(22)8-6-18/h5-8,11-12H,4,9-10,13-14H2,1-3H3,(H,23,26). The van der Waals surface area contributed by atoms with E-state index in [-0.39, 0.29) is 5.82 Å². The fourth-order valence-corrected chi connectivity index (χ4v) is 3.83. The van der Waals surface area contributed by atoms with E-state index in [1.807, 2.05) is 12.1 Å². The molecule has 0 saturated carbocycles. The largest absolute Gasteiger partial charge is 0.336 e. The summed E-state index contributed by atoms with van der Waals surface area (Å²) < 4.78 is 13.1. The van der Waals surface area contributed by atoms with Gasteiger partial charge in [0.15, 0.2) is 5.11 Å². The summed E-state index contributed by atoms with van der Waals surface area (Å²) in [7, 11) is 0. The summed E-state index contributed by atoms with van der Waals surface area (Å²) in [5.41, 5.74) is 5.92. The molecule has 2 aromatic carbocycles. The Morgan fingerprint density at radius 3 is 2.38 bits per heavy atom. The average molecular weight is 372 g/mol. The van der Waals surface area contributed by atoms with Crippen LogP contribution in [-0.2, 0) is 6.54 Å². The Bertz CT molecular complexity index is 765. The van der Waals surface area contributed by atoms with Crippen molar-refractivity contribution in [3.05, 3.63) is 64.5 Å². The van der Waals surface area contributed by atoms with Crippen LogP contribution in [0, 0.1) is 26.6 Å². The van der Waals surface area contributed by atoms with Gasteiger partial charge in [0, 0.05) is 25.3 Å². The van der Waals surface area contributed by atoms with Gasteiger partial charge in [-0.2, -0.15) is 0 Å². The summed E-state index contributed by atoms with van der Waals surface area (Å²) in [6, 6.07) is 11.1. The van der Waals surface area contributed by atoms with Gasteiger partial charge < -0.3 is 10.2 Å². The topological polar surface area (TPSA) is 18.5 Å². The van der Waals surface area contributed by atoms with Crippen LogP contribution in [0.25, 0.3) is 0 Å². The maximum Gasteiger partial charge on any atom is 0.174 e. The Kier molecular flexibility index (Phi) is 5.89. The highest BCUT2D eigenvalue weighted by molar-refractivity contribution is 7.80. The number of anilines is 1. The van der Waals surface area contributed by atoms with Gasteiger partial charge in [-0.25, -0.2) is 4.39 Å². The van der Waals surface area contributed by atoms with Crippen molar-refractivity contribution in [2.75, 3.05) is 25.1 Å². The second-order valence-corrected chi connectivity index (χ2v) is 7.53. The van der Waals surface area contributed by atoms with Crippen LogP contribution in [0.1, 0.15) is 28.7 Å². The summed E-state index contributed by atoms with van der Waals surface area (Å²) in [6.45, 7) is 9.91. The molecule has 1 aliphatic rings. The van der Waals surface area contributed by atoms with Crippen LogP contribution in [0.3, 0.4) is 0 Å². The van der Waals surface area contributed by atoms with Gasteiger partial charge in [0.05, 0.1) is 6.67 Å². The Balaban J connectivity index is 1.64. The zero-order valence-electron chi connectivity index (χ0n) is 15.7. The van der Waals surface area contributed by atoms with E-state index in [1.54, 1.807) is 0 Å². The quantitative estimate of drug-likeness (QED) is 0.794. The normalized spacial score (nSPS) is 15.2. The summed E-state index contributed by atoms with van der Waals surface area (Å²) >= 11 is 5.68. The van der Waals surface area contributed by atoms with Gasteiger partial charge in [-0.3, -0.25) is 4.90 Å². The van der Waals surface area contributed by atoms with E-state index in [1.165, 1.54) is 28.8 Å². The van der Waals surface area contributed by atoms with E-state index >= 15 is 0 Å². The molecule has 0 radical (unpaired) electrons. The third kappa shape index (κ3) is 4.59. The minimum Gasteiger partial charge on any atom is -0.336 e. The van der Waals surface area contributed by atoms with E-state index in [9.17, 15) is 4.39 Å². The molecule has 0 aliphatic carbocycles. The number of nitrogens with one attached hydrogen (secondary N) is 1. The number of rotatable bonds is 3. The molecule has 138 valence electrons. The molecule has 0 amide bonds. The first-order chi connectivity index (χ1) is 12.4.